The standard InChI is InChI=1S/C15H20BrNO4/c1-19-12-4-10(5-13(20-2)15(12)21-3)8-17-9-11(7-16)6-14(17)18/h4-5,11H,6-9H2,1-3H3. The summed E-state index contributed by atoms with van der Waals surface area (Å²) >= 11 is 3.45. The summed E-state index contributed by atoms with van der Waals surface area (Å²) in [5, 5.41) is 0.852. The molecular formula is C15H20BrNO4. The Morgan fingerprint density at radius 1 is 1.19 bits per heavy atom. The molecule has 1 fully saturated rings. The highest BCUT2D eigenvalue weighted by Gasteiger charge is 2.29. The Morgan fingerprint density at radius 3 is 2.24 bits per heavy atom. The van der Waals surface area contributed by atoms with E-state index in [9.17, 15) is 4.79 Å². The van der Waals surface area contributed by atoms with Crippen molar-refractivity contribution in [3.8, 4) is 17.2 Å². The molecule has 0 bridgehead atoms. The lowest BCUT2D eigenvalue weighted by Crippen LogP contribution is -2.24. The summed E-state index contributed by atoms with van der Waals surface area (Å²) in [4.78, 5) is 13.9. The van der Waals surface area contributed by atoms with E-state index in [2.05, 4.69) is 15.9 Å². The van der Waals surface area contributed by atoms with Crippen LogP contribution in [0.3, 0.4) is 0 Å². The molecule has 0 saturated carbocycles. The monoisotopic (exact) mass is 357 g/mol. The van der Waals surface area contributed by atoms with E-state index in [0.29, 0.717) is 36.1 Å². The maximum absolute atomic E-state index is 12.0. The second-order valence-corrected chi connectivity index (χ2v) is 5.68. The van der Waals surface area contributed by atoms with Gasteiger partial charge in [0.1, 0.15) is 0 Å². The summed E-state index contributed by atoms with van der Waals surface area (Å²) in [6.45, 7) is 1.33. The maximum Gasteiger partial charge on any atom is 0.223 e. The van der Waals surface area contributed by atoms with E-state index in [4.69, 9.17) is 14.2 Å². The van der Waals surface area contributed by atoms with E-state index in [0.717, 1.165) is 17.4 Å². The van der Waals surface area contributed by atoms with Crippen LogP contribution in [0, 0.1) is 5.92 Å². The van der Waals surface area contributed by atoms with Gasteiger partial charge in [-0.2, -0.15) is 0 Å². The van der Waals surface area contributed by atoms with Crippen molar-refractivity contribution in [3.63, 3.8) is 0 Å². The second-order valence-electron chi connectivity index (χ2n) is 5.03. The smallest absolute Gasteiger partial charge is 0.223 e. The number of hydrogen-bond acceptors (Lipinski definition) is 4. The van der Waals surface area contributed by atoms with Gasteiger partial charge in [0.05, 0.1) is 21.3 Å². The van der Waals surface area contributed by atoms with E-state index in [1.807, 2.05) is 17.0 Å². The molecule has 1 atom stereocenters. The first-order valence-electron chi connectivity index (χ1n) is 6.75. The third kappa shape index (κ3) is 3.43. The van der Waals surface area contributed by atoms with Gasteiger partial charge in [0.15, 0.2) is 11.5 Å². The molecule has 1 unspecified atom stereocenters. The molecule has 0 aliphatic carbocycles. The largest absolute Gasteiger partial charge is 0.493 e. The molecule has 6 heteroatoms. The lowest BCUT2D eigenvalue weighted by atomic mass is 10.1. The Kier molecular flexibility index (Phi) is 5.33. The number of rotatable bonds is 6. The number of benzene rings is 1. The number of halogens is 1. The topological polar surface area (TPSA) is 48.0 Å². The average Bonchev–Trinajstić information content (AvgIpc) is 2.86. The Hall–Kier alpha value is -1.43. The number of carbonyl (C=O) groups is 1. The molecule has 0 N–H and O–H groups in total. The van der Waals surface area contributed by atoms with Crippen molar-refractivity contribution < 1.29 is 19.0 Å². The summed E-state index contributed by atoms with van der Waals surface area (Å²) in [5.41, 5.74) is 0.966. The summed E-state index contributed by atoms with van der Waals surface area (Å²) in [6.07, 6.45) is 0.607. The van der Waals surface area contributed by atoms with Gasteiger partial charge in [-0.15, -0.1) is 0 Å². The quantitative estimate of drug-likeness (QED) is 0.733. The fourth-order valence-electron chi connectivity index (χ4n) is 2.56. The van der Waals surface area contributed by atoms with Crippen molar-refractivity contribution in [1.29, 1.82) is 0 Å². The molecule has 116 valence electrons. The van der Waals surface area contributed by atoms with Crippen LogP contribution in [0.2, 0.25) is 0 Å². The minimum Gasteiger partial charge on any atom is -0.493 e. The number of nitrogens with zero attached hydrogens (tertiary/aromatic N) is 1. The van der Waals surface area contributed by atoms with E-state index in [-0.39, 0.29) is 5.91 Å². The molecule has 1 aliphatic rings. The number of alkyl halides is 1. The average molecular weight is 358 g/mol. The Balaban J connectivity index is 2.22. The number of hydrogen-bond donors (Lipinski definition) is 0. The molecule has 1 heterocycles. The van der Waals surface area contributed by atoms with Gasteiger partial charge >= 0.3 is 0 Å². The molecule has 5 nitrogen and oxygen atoms in total. The Bertz CT molecular complexity index is 495. The second kappa shape index (κ2) is 7.02. The number of methoxy groups -OCH3 is 3. The number of likely N-dealkylation sites (tertiary alicyclic amines) is 1. The zero-order valence-electron chi connectivity index (χ0n) is 12.5. The molecule has 0 aromatic heterocycles. The minimum absolute atomic E-state index is 0.188. The van der Waals surface area contributed by atoms with Crippen LogP contribution in [-0.4, -0.2) is 44.0 Å². The van der Waals surface area contributed by atoms with Crippen LogP contribution in [0.5, 0.6) is 17.2 Å². The van der Waals surface area contributed by atoms with Crippen molar-refractivity contribution in [2.45, 2.75) is 13.0 Å². The van der Waals surface area contributed by atoms with Gasteiger partial charge in [-0.1, -0.05) is 15.9 Å². The van der Waals surface area contributed by atoms with Crippen LogP contribution in [0.25, 0.3) is 0 Å². The minimum atomic E-state index is 0.188. The van der Waals surface area contributed by atoms with Crippen LogP contribution in [0.15, 0.2) is 12.1 Å². The first kappa shape index (κ1) is 15.9. The molecule has 1 aliphatic heterocycles. The van der Waals surface area contributed by atoms with Crippen LogP contribution < -0.4 is 14.2 Å². The van der Waals surface area contributed by atoms with Gasteiger partial charge in [0.25, 0.3) is 0 Å². The molecule has 1 aromatic rings. The fraction of sp³-hybridized carbons (Fsp3) is 0.533. The lowest BCUT2D eigenvalue weighted by molar-refractivity contribution is -0.128. The zero-order chi connectivity index (χ0) is 15.4. The summed E-state index contributed by atoms with van der Waals surface area (Å²) in [7, 11) is 4.75. The summed E-state index contributed by atoms with van der Waals surface area (Å²) < 4.78 is 16.0. The molecule has 1 amide bonds. The summed E-state index contributed by atoms with van der Waals surface area (Å²) in [6, 6.07) is 3.77. The SMILES string of the molecule is COc1cc(CN2CC(CBr)CC2=O)cc(OC)c1OC. The van der Waals surface area contributed by atoms with E-state index >= 15 is 0 Å². The van der Waals surface area contributed by atoms with E-state index in [1.54, 1.807) is 21.3 Å². The van der Waals surface area contributed by atoms with Crippen molar-refractivity contribution in [1.82, 2.24) is 4.90 Å². The van der Waals surface area contributed by atoms with Crippen LogP contribution >= 0.6 is 15.9 Å². The highest BCUT2D eigenvalue weighted by molar-refractivity contribution is 9.09. The van der Waals surface area contributed by atoms with Gasteiger partial charge < -0.3 is 19.1 Å². The molecule has 2 rings (SSSR count). The first-order chi connectivity index (χ1) is 10.1. The third-order valence-electron chi connectivity index (χ3n) is 3.61. The molecular weight excluding hydrogens is 338 g/mol. The van der Waals surface area contributed by atoms with Crippen molar-refractivity contribution >= 4 is 21.8 Å². The van der Waals surface area contributed by atoms with Gasteiger partial charge in [0.2, 0.25) is 11.7 Å². The van der Waals surface area contributed by atoms with Crippen molar-refractivity contribution in [2.75, 3.05) is 33.2 Å². The van der Waals surface area contributed by atoms with Gasteiger partial charge in [-0.05, 0) is 23.6 Å². The number of amides is 1. The lowest BCUT2D eigenvalue weighted by Gasteiger charge is -2.19. The molecule has 0 spiro atoms. The van der Waals surface area contributed by atoms with Crippen molar-refractivity contribution in [3.05, 3.63) is 17.7 Å². The summed E-state index contributed by atoms with van der Waals surface area (Å²) in [5.74, 6) is 2.36. The molecule has 1 saturated heterocycles. The predicted molar refractivity (Wildman–Crippen MR) is 83.4 cm³/mol. The van der Waals surface area contributed by atoms with Crippen LogP contribution in [-0.2, 0) is 11.3 Å². The number of ether oxygens (including phenoxy) is 3. The van der Waals surface area contributed by atoms with Gasteiger partial charge in [-0.25, -0.2) is 0 Å². The van der Waals surface area contributed by atoms with Crippen LogP contribution in [0.1, 0.15) is 12.0 Å². The molecule has 0 radical (unpaired) electrons. The van der Waals surface area contributed by atoms with Crippen molar-refractivity contribution in [2.24, 2.45) is 5.92 Å². The molecule has 21 heavy (non-hydrogen) atoms. The van der Waals surface area contributed by atoms with Crippen LogP contribution in [0.4, 0.5) is 0 Å². The third-order valence-corrected chi connectivity index (χ3v) is 4.53. The maximum atomic E-state index is 12.0. The van der Waals surface area contributed by atoms with Gasteiger partial charge in [0, 0.05) is 24.8 Å². The first-order valence-corrected chi connectivity index (χ1v) is 7.87. The Labute approximate surface area is 133 Å². The van der Waals surface area contributed by atoms with Gasteiger partial charge in [-0.3, -0.25) is 4.79 Å². The fourth-order valence-corrected chi connectivity index (χ4v) is 2.99. The zero-order valence-corrected chi connectivity index (χ0v) is 14.1. The highest BCUT2D eigenvalue weighted by atomic mass is 79.9. The Morgan fingerprint density at radius 2 is 1.81 bits per heavy atom. The normalized spacial score (nSPS) is 18.0. The van der Waals surface area contributed by atoms with E-state index in [1.165, 1.54) is 0 Å². The van der Waals surface area contributed by atoms with E-state index < -0.39 is 0 Å². The molecule has 1 aromatic carbocycles. The number of carbonyl (C=O) groups excluding carboxylic acids is 1. The highest BCUT2D eigenvalue weighted by Crippen LogP contribution is 2.38. The predicted octanol–water partition coefficient (Wildman–Crippen LogP) is 2.46.